The van der Waals surface area contributed by atoms with Crippen LogP contribution in [0.5, 0.6) is 0 Å². The Morgan fingerprint density at radius 3 is 2.50 bits per heavy atom. The predicted octanol–water partition coefficient (Wildman–Crippen LogP) is 6.17. The fraction of sp³-hybridized carbons (Fsp3) is 0.346. The molecule has 5 rings (SSSR count). The van der Waals surface area contributed by atoms with Crippen molar-refractivity contribution in [2.24, 2.45) is 5.92 Å². The van der Waals surface area contributed by atoms with Crippen LogP contribution in [0.2, 0.25) is 5.02 Å². The molecule has 10 heteroatoms. The molecule has 0 unspecified atom stereocenters. The number of anilines is 1. The quantitative estimate of drug-likeness (QED) is 0.309. The zero-order valence-corrected chi connectivity index (χ0v) is 20.3. The molecule has 4 aromatic rings. The van der Waals surface area contributed by atoms with Gasteiger partial charge in [-0.1, -0.05) is 41.9 Å². The van der Waals surface area contributed by atoms with Gasteiger partial charge in [-0.25, -0.2) is 9.97 Å². The fourth-order valence-electron chi connectivity index (χ4n) is 4.54. The van der Waals surface area contributed by atoms with Crippen LogP contribution in [0.25, 0.3) is 22.6 Å². The van der Waals surface area contributed by atoms with Crippen LogP contribution >= 0.6 is 11.6 Å². The van der Waals surface area contributed by atoms with E-state index in [1.807, 2.05) is 28.8 Å². The van der Waals surface area contributed by atoms with E-state index >= 15 is 0 Å². The molecule has 0 bridgehead atoms. The summed E-state index contributed by atoms with van der Waals surface area (Å²) in [4.78, 5) is 13.8. The lowest BCUT2D eigenvalue weighted by molar-refractivity contribution is -0.137. The lowest BCUT2D eigenvalue weighted by Crippen LogP contribution is -2.28. The largest absolute Gasteiger partial charge is 0.416 e. The predicted molar refractivity (Wildman–Crippen MR) is 135 cm³/mol. The number of piperidine rings is 1. The first-order valence-corrected chi connectivity index (χ1v) is 12.3. The molecule has 188 valence electrons. The number of hydrogen-bond acceptors (Lipinski definition) is 5. The second-order valence-corrected chi connectivity index (χ2v) is 9.40. The third kappa shape index (κ3) is 5.47. The number of aromatic nitrogens is 4. The molecule has 0 aliphatic carbocycles. The molecule has 1 aliphatic rings. The molecule has 0 atom stereocenters. The van der Waals surface area contributed by atoms with Crippen molar-refractivity contribution < 1.29 is 13.2 Å². The number of hydrogen-bond donors (Lipinski definition) is 2. The maximum Gasteiger partial charge on any atom is 0.416 e. The normalized spacial score (nSPS) is 14.9. The van der Waals surface area contributed by atoms with E-state index in [4.69, 9.17) is 21.6 Å². The van der Waals surface area contributed by atoms with Crippen LogP contribution in [0.3, 0.4) is 0 Å². The lowest BCUT2D eigenvalue weighted by atomic mass is 9.95. The molecule has 0 saturated carbocycles. The topological polar surface area (TPSA) is 67.7 Å². The van der Waals surface area contributed by atoms with Gasteiger partial charge in [-0.05, 0) is 62.0 Å². The van der Waals surface area contributed by atoms with Gasteiger partial charge < -0.3 is 15.2 Å². The van der Waals surface area contributed by atoms with E-state index in [0.29, 0.717) is 52.5 Å². The zero-order chi connectivity index (χ0) is 25.1. The highest BCUT2D eigenvalue weighted by Crippen LogP contribution is 2.32. The maximum absolute atomic E-state index is 13.1. The van der Waals surface area contributed by atoms with E-state index in [9.17, 15) is 13.2 Å². The minimum atomic E-state index is -4.39. The van der Waals surface area contributed by atoms with Gasteiger partial charge in [-0.15, -0.1) is 0 Å². The molecule has 0 radical (unpaired) electrons. The van der Waals surface area contributed by atoms with Gasteiger partial charge in [0.15, 0.2) is 5.65 Å². The summed E-state index contributed by atoms with van der Waals surface area (Å²) >= 11 is 6.27. The van der Waals surface area contributed by atoms with Crippen molar-refractivity contribution in [3.05, 3.63) is 70.9 Å². The smallest absolute Gasteiger partial charge is 0.350 e. The minimum Gasteiger partial charge on any atom is -0.350 e. The summed E-state index contributed by atoms with van der Waals surface area (Å²) in [5.41, 5.74) is 2.09. The Kier molecular flexibility index (Phi) is 7.11. The van der Waals surface area contributed by atoms with E-state index in [1.165, 1.54) is 12.1 Å². The van der Waals surface area contributed by atoms with Crippen molar-refractivity contribution in [2.45, 2.75) is 38.5 Å². The minimum absolute atomic E-state index is 0.435. The summed E-state index contributed by atoms with van der Waals surface area (Å²) in [6.45, 7) is 3.12. The van der Waals surface area contributed by atoms with Crippen LogP contribution in [0.1, 0.15) is 30.4 Å². The van der Waals surface area contributed by atoms with Crippen LogP contribution in [0, 0.1) is 5.92 Å². The lowest BCUT2D eigenvalue weighted by Gasteiger charge is -2.23. The average molecular weight is 515 g/mol. The van der Waals surface area contributed by atoms with Crippen LogP contribution < -0.4 is 10.6 Å². The highest BCUT2D eigenvalue weighted by Gasteiger charge is 2.30. The number of fused-ring (bicyclic) bond motifs is 1. The van der Waals surface area contributed by atoms with Gasteiger partial charge in [-0.2, -0.15) is 18.2 Å². The van der Waals surface area contributed by atoms with Crippen molar-refractivity contribution in [3.8, 4) is 11.4 Å². The molecule has 1 aliphatic heterocycles. The van der Waals surface area contributed by atoms with Gasteiger partial charge in [0.2, 0.25) is 5.95 Å². The zero-order valence-electron chi connectivity index (χ0n) is 19.5. The number of nitrogens with zero attached hydrogens (tertiary/aromatic N) is 4. The second-order valence-electron chi connectivity index (χ2n) is 8.99. The highest BCUT2D eigenvalue weighted by molar-refractivity contribution is 6.31. The Bertz CT molecular complexity index is 1330. The summed E-state index contributed by atoms with van der Waals surface area (Å²) in [7, 11) is 0. The van der Waals surface area contributed by atoms with Gasteiger partial charge in [-0.3, -0.25) is 0 Å². The molecular weight excluding hydrogens is 489 g/mol. The Morgan fingerprint density at radius 2 is 1.78 bits per heavy atom. The molecule has 6 nitrogen and oxygen atoms in total. The van der Waals surface area contributed by atoms with E-state index in [1.54, 1.807) is 6.20 Å². The van der Waals surface area contributed by atoms with Crippen molar-refractivity contribution in [1.29, 1.82) is 0 Å². The number of halogens is 4. The van der Waals surface area contributed by atoms with Gasteiger partial charge in [0.05, 0.1) is 11.8 Å². The van der Waals surface area contributed by atoms with E-state index < -0.39 is 11.7 Å². The Labute approximate surface area is 211 Å². The number of alkyl halides is 3. The molecule has 2 aromatic heterocycles. The second kappa shape index (κ2) is 10.4. The summed E-state index contributed by atoms with van der Waals surface area (Å²) in [6, 6.07) is 12.7. The summed E-state index contributed by atoms with van der Waals surface area (Å²) in [6.07, 6.45) is 0.393. The monoisotopic (exact) mass is 514 g/mol. The SMILES string of the molecule is FC(F)(F)c1ccc(-c2nc3cnc(NCc4ccccc4Cl)nc3n2CCC2CCNCC2)cc1. The van der Waals surface area contributed by atoms with Crippen LogP contribution in [-0.4, -0.2) is 32.6 Å². The summed E-state index contributed by atoms with van der Waals surface area (Å²) in [5.74, 6) is 1.60. The number of rotatable bonds is 7. The molecule has 0 amide bonds. The van der Waals surface area contributed by atoms with Crippen LogP contribution in [0.4, 0.5) is 19.1 Å². The Hall–Kier alpha value is -3.17. The van der Waals surface area contributed by atoms with Crippen LogP contribution in [-0.2, 0) is 19.3 Å². The van der Waals surface area contributed by atoms with E-state index in [0.717, 1.165) is 50.0 Å². The third-order valence-corrected chi connectivity index (χ3v) is 6.94. The van der Waals surface area contributed by atoms with Gasteiger partial charge >= 0.3 is 6.18 Å². The first kappa shape index (κ1) is 24.5. The molecule has 1 fully saturated rings. The number of aryl methyl sites for hydroxylation is 1. The van der Waals surface area contributed by atoms with E-state index in [2.05, 4.69) is 15.6 Å². The molecule has 36 heavy (non-hydrogen) atoms. The summed E-state index contributed by atoms with van der Waals surface area (Å²) < 4.78 is 41.3. The van der Waals surface area contributed by atoms with E-state index in [-0.39, 0.29) is 0 Å². The molecule has 2 aromatic carbocycles. The van der Waals surface area contributed by atoms with Gasteiger partial charge in [0, 0.05) is 23.7 Å². The molecular formula is C26H26ClF3N6. The van der Waals surface area contributed by atoms with Crippen molar-refractivity contribution >= 4 is 28.7 Å². The Balaban J connectivity index is 1.47. The average Bonchev–Trinajstić information content (AvgIpc) is 3.25. The number of imidazole rings is 1. The Morgan fingerprint density at radius 1 is 1.03 bits per heavy atom. The standard InChI is InChI=1S/C26H26ClF3N6/c27-21-4-2-1-3-19(21)15-32-25-33-16-22-24(35-25)36(14-11-17-9-12-31-13-10-17)23(34-22)18-5-7-20(8-6-18)26(28,29)30/h1-8,16-17,31H,9-15H2,(H,32,33,35). The van der Waals surface area contributed by atoms with Crippen LogP contribution in [0.15, 0.2) is 54.7 Å². The van der Waals surface area contributed by atoms with Crippen molar-refractivity contribution in [1.82, 2.24) is 24.8 Å². The van der Waals surface area contributed by atoms with Crippen molar-refractivity contribution in [2.75, 3.05) is 18.4 Å². The van der Waals surface area contributed by atoms with Crippen molar-refractivity contribution in [3.63, 3.8) is 0 Å². The number of benzene rings is 2. The highest BCUT2D eigenvalue weighted by atomic mass is 35.5. The first-order valence-electron chi connectivity index (χ1n) is 12.0. The molecule has 3 heterocycles. The maximum atomic E-state index is 13.1. The van der Waals surface area contributed by atoms with Gasteiger partial charge in [0.1, 0.15) is 11.3 Å². The first-order chi connectivity index (χ1) is 17.4. The molecule has 1 saturated heterocycles. The number of nitrogens with one attached hydrogen (secondary N) is 2. The molecule has 0 spiro atoms. The fourth-order valence-corrected chi connectivity index (χ4v) is 4.75. The van der Waals surface area contributed by atoms with Gasteiger partial charge in [0.25, 0.3) is 0 Å². The summed E-state index contributed by atoms with van der Waals surface area (Å²) in [5, 5.41) is 7.26. The third-order valence-electron chi connectivity index (χ3n) is 6.57. The molecule has 2 N–H and O–H groups in total.